The van der Waals surface area contributed by atoms with Crippen molar-refractivity contribution in [2.45, 2.75) is 5.25 Å². The lowest BCUT2D eigenvalue weighted by molar-refractivity contribution is -0.129. The molecule has 0 radical (unpaired) electrons. The van der Waals surface area contributed by atoms with Gasteiger partial charge in [0, 0.05) is 7.05 Å². The average molecular weight is 287 g/mol. The van der Waals surface area contributed by atoms with Crippen molar-refractivity contribution in [3.8, 4) is 11.3 Å². The molecule has 1 N–H and O–H groups in total. The van der Waals surface area contributed by atoms with Gasteiger partial charge in [-0.25, -0.2) is 0 Å². The van der Waals surface area contributed by atoms with Crippen LogP contribution in [0, 0.1) is 0 Å². The molecule has 1 fully saturated rings. The number of carbonyl (C=O) groups excluding carboxylic acids is 2. The monoisotopic (exact) mass is 287 g/mol. The number of thioether (sulfide) groups is 1. The number of hydrogen-bond acceptors (Lipinski definition) is 4. The van der Waals surface area contributed by atoms with Crippen LogP contribution in [-0.2, 0) is 16.6 Å². The number of benzene rings is 1. The van der Waals surface area contributed by atoms with Crippen LogP contribution in [0.15, 0.2) is 36.4 Å². The number of nitrogens with one attached hydrogen (secondary N) is 1. The predicted molar refractivity (Wildman–Crippen MR) is 77.0 cm³/mol. The lowest BCUT2D eigenvalue weighted by Gasteiger charge is -2.18. The maximum Gasteiger partial charge on any atom is 0.245 e. The molecule has 1 atom stereocenters. The maximum atomic E-state index is 11.9. The van der Waals surface area contributed by atoms with Gasteiger partial charge >= 0.3 is 0 Å². The largest absolute Gasteiger partial charge is 0.294 e. The van der Waals surface area contributed by atoms with Crippen LogP contribution in [0.1, 0.15) is 10.9 Å². The molecule has 0 aliphatic carbocycles. The van der Waals surface area contributed by atoms with E-state index in [4.69, 9.17) is 0 Å². The molecule has 20 heavy (non-hydrogen) atoms. The quantitative estimate of drug-likeness (QED) is 0.851. The molecule has 0 bridgehead atoms. The van der Waals surface area contributed by atoms with E-state index in [2.05, 4.69) is 10.4 Å². The summed E-state index contributed by atoms with van der Waals surface area (Å²) in [6.07, 6.45) is 0. The smallest absolute Gasteiger partial charge is 0.245 e. The lowest BCUT2D eigenvalue weighted by Crippen LogP contribution is -2.39. The van der Waals surface area contributed by atoms with E-state index in [0.717, 1.165) is 11.3 Å². The first kappa shape index (κ1) is 12.9. The average Bonchev–Trinajstić information content (AvgIpc) is 2.81. The molecule has 1 saturated heterocycles. The highest BCUT2D eigenvalue weighted by Crippen LogP contribution is 2.32. The van der Waals surface area contributed by atoms with Crippen molar-refractivity contribution in [1.29, 1.82) is 0 Å². The predicted octanol–water partition coefficient (Wildman–Crippen LogP) is 1.52. The van der Waals surface area contributed by atoms with Crippen LogP contribution in [-0.4, -0.2) is 27.3 Å². The minimum absolute atomic E-state index is 0.240. The Balaban J connectivity index is 1.93. The summed E-state index contributed by atoms with van der Waals surface area (Å²) in [7, 11) is 1.85. The van der Waals surface area contributed by atoms with Gasteiger partial charge in [0.2, 0.25) is 11.8 Å². The van der Waals surface area contributed by atoms with E-state index in [1.807, 2.05) is 43.4 Å². The van der Waals surface area contributed by atoms with Crippen LogP contribution in [0.25, 0.3) is 11.3 Å². The molecule has 1 aromatic heterocycles. The van der Waals surface area contributed by atoms with Gasteiger partial charge in [0.05, 0.1) is 17.1 Å². The molecule has 1 aromatic carbocycles. The first-order chi connectivity index (χ1) is 9.65. The van der Waals surface area contributed by atoms with Gasteiger partial charge in [-0.2, -0.15) is 5.10 Å². The summed E-state index contributed by atoms with van der Waals surface area (Å²) in [6.45, 7) is 0. The highest BCUT2D eigenvalue weighted by atomic mass is 32.2. The Kier molecular flexibility index (Phi) is 3.31. The van der Waals surface area contributed by atoms with Crippen molar-refractivity contribution in [3.05, 3.63) is 42.1 Å². The van der Waals surface area contributed by atoms with Gasteiger partial charge in [-0.15, -0.1) is 11.8 Å². The van der Waals surface area contributed by atoms with E-state index in [0.29, 0.717) is 5.69 Å². The first-order valence-electron chi connectivity index (χ1n) is 6.20. The van der Waals surface area contributed by atoms with Crippen LogP contribution < -0.4 is 5.32 Å². The summed E-state index contributed by atoms with van der Waals surface area (Å²) in [5.41, 5.74) is 2.68. The van der Waals surface area contributed by atoms with Crippen molar-refractivity contribution in [2.24, 2.45) is 7.05 Å². The summed E-state index contributed by atoms with van der Waals surface area (Å²) >= 11 is 1.31. The highest BCUT2D eigenvalue weighted by molar-refractivity contribution is 8.01. The fourth-order valence-electron chi connectivity index (χ4n) is 2.19. The molecule has 2 aromatic rings. The number of nitrogens with zero attached hydrogens (tertiary/aromatic N) is 2. The second kappa shape index (κ2) is 5.13. The van der Waals surface area contributed by atoms with Gasteiger partial charge in [-0.3, -0.25) is 19.6 Å². The zero-order valence-corrected chi connectivity index (χ0v) is 11.7. The summed E-state index contributed by atoms with van der Waals surface area (Å²) in [5, 5.41) is 6.34. The highest BCUT2D eigenvalue weighted by Gasteiger charge is 2.31. The van der Waals surface area contributed by atoms with Crippen molar-refractivity contribution >= 4 is 23.6 Å². The summed E-state index contributed by atoms with van der Waals surface area (Å²) in [4.78, 5) is 23.0. The molecular formula is C14H13N3O2S. The molecule has 1 unspecified atom stereocenters. The van der Waals surface area contributed by atoms with E-state index in [9.17, 15) is 9.59 Å². The van der Waals surface area contributed by atoms with E-state index in [1.54, 1.807) is 4.68 Å². The lowest BCUT2D eigenvalue weighted by atomic mass is 10.1. The third kappa shape index (κ3) is 2.34. The van der Waals surface area contributed by atoms with Crippen LogP contribution in [0.2, 0.25) is 0 Å². The fraction of sp³-hybridized carbons (Fsp3) is 0.214. The number of hydrogen-bond donors (Lipinski definition) is 1. The molecule has 2 heterocycles. The Morgan fingerprint density at radius 2 is 2.05 bits per heavy atom. The minimum atomic E-state index is -0.420. The Morgan fingerprint density at radius 3 is 2.75 bits per heavy atom. The van der Waals surface area contributed by atoms with Gasteiger partial charge in [-0.05, 0) is 11.6 Å². The standard InChI is InChI=1S/C14H13N3O2S/c1-17-11(9-5-3-2-4-6-9)7-10(16-17)13-14(19)15-12(18)8-20-13/h2-7,13H,8H2,1H3,(H,15,18,19). The second-order valence-electron chi connectivity index (χ2n) is 4.55. The van der Waals surface area contributed by atoms with Crippen LogP contribution >= 0.6 is 11.8 Å². The second-order valence-corrected chi connectivity index (χ2v) is 5.64. The SMILES string of the molecule is Cn1nc(C2SCC(=O)NC2=O)cc1-c1ccccc1. The van der Waals surface area contributed by atoms with Crippen LogP contribution in [0.5, 0.6) is 0 Å². The van der Waals surface area contributed by atoms with Gasteiger partial charge < -0.3 is 0 Å². The molecule has 1 aliphatic rings. The number of aryl methyl sites for hydroxylation is 1. The van der Waals surface area contributed by atoms with Gasteiger partial charge in [-0.1, -0.05) is 30.3 Å². The molecule has 0 saturated carbocycles. The number of rotatable bonds is 2. The third-order valence-corrected chi connectivity index (χ3v) is 4.34. The van der Waals surface area contributed by atoms with Crippen molar-refractivity contribution in [2.75, 3.05) is 5.75 Å². The van der Waals surface area contributed by atoms with E-state index >= 15 is 0 Å². The zero-order chi connectivity index (χ0) is 14.1. The number of imide groups is 1. The zero-order valence-electron chi connectivity index (χ0n) is 10.9. The van der Waals surface area contributed by atoms with Crippen molar-refractivity contribution < 1.29 is 9.59 Å². The molecule has 6 heteroatoms. The number of amides is 2. The number of carbonyl (C=O) groups is 2. The molecule has 1 aliphatic heterocycles. The van der Waals surface area contributed by atoms with Crippen LogP contribution in [0.4, 0.5) is 0 Å². The molecular weight excluding hydrogens is 274 g/mol. The van der Waals surface area contributed by atoms with Gasteiger partial charge in [0.25, 0.3) is 0 Å². The first-order valence-corrected chi connectivity index (χ1v) is 7.24. The maximum absolute atomic E-state index is 11.9. The molecule has 5 nitrogen and oxygen atoms in total. The number of aromatic nitrogens is 2. The molecule has 2 amide bonds. The molecule has 3 rings (SSSR count). The fourth-order valence-corrected chi connectivity index (χ4v) is 3.08. The Hall–Kier alpha value is -2.08. The minimum Gasteiger partial charge on any atom is -0.294 e. The van der Waals surface area contributed by atoms with E-state index in [-0.39, 0.29) is 17.6 Å². The van der Waals surface area contributed by atoms with Gasteiger partial charge in [0.1, 0.15) is 5.25 Å². The van der Waals surface area contributed by atoms with E-state index in [1.165, 1.54) is 11.8 Å². The van der Waals surface area contributed by atoms with E-state index < -0.39 is 5.25 Å². The Labute approximate surface area is 120 Å². The Bertz CT molecular complexity index is 666. The van der Waals surface area contributed by atoms with Crippen molar-refractivity contribution in [3.63, 3.8) is 0 Å². The summed E-state index contributed by atoms with van der Waals surface area (Å²) < 4.78 is 1.76. The third-order valence-electron chi connectivity index (χ3n) is 3.12. The summed E-state index contributed by atoms with van der Waals surface area (Å²) in [5.74, 6) is -0.243. The molecule has 102 valence electrons. The topological polar surface area (TPSA) is 64.0 Å². The van der Waals surface area contributed by atoms with Gasteiger partial charge in [0.15, 0.2) is 0 Å². The normalized spacial score (nSPS) is 18.9. The summed E-state index contributed by atoms with van der Waals surface area (Å²) in [6, 6.07) is 11.8. The molecule has 0 spiro atoms. The van der Waals surface area contributed by atoms with Crippen molar-refractivity contribution in [1.82, 2.24) is 15.1 Å². The van der Waals surface area contributed by atoms with Crippen LogP contribution in [0.3, 0.4) is 0 Å². The Morgan fingerprint density at radius 1 is 1.30 bits per heavy atom.